The molecule has 1 heteroatoms. The van der Waals surface area contributed by atoms with Crippen LogP contribution in [0.2, 0.25) is 18.6 Å². The Morgan fingerprint density at radius 2 is 1.56 bits per heavy atom. The van der Waals surface area contributed by atoms with E-state index in [0.29, 0.717) is 0 Å². The molecule has 1 radical (unpaired) electrons. The van der Waals surface area contributed by atoms with Crippen LogP contribution in [0.5, 0.6) is 0 Å². The number of rotatable bonds is 4. The molecule has 0 saturated carbocycles. The lowest BCUT2D eigenvalue weighted by Gasteiger charge is -2.22. The fraction of sp³-hybridized carbons (Fsp3) is 0.875. The molecule has 55 valence electrons. The topological polar surface area (TPSA) is 0 Å². The van der Waals surface area contributed by atoms with E-state index in [1.54, 1.807) is 0 Å². The second kappa shape index (κ2) is 4.10. The van der Waals surface area contributed by atoms with Gasteiger partial charge in [-0.2, -0.15) is 0 Å². The molecule has 0 nitrogen and oxygen atoms in total. The van der Waals surface area contributed by atoms with E-state index in [9.17, 15) is 0 Å². The molecule has 0 amide bonds. The van der Waals surface area contributed by atoms with Crippen LogP contribution < -0.4 is 0 Å². The van der Waals surface area contributed by atoms with Gasteiger partial charge in [0.2, 0.25) is 0 Å². The van der Waals surface area contributed by atoms with E-state index in [2.05, 4.69) is 33.4 Å². The first kappa shape index (κ1) is 9.22. The predicted molar refractivity (Wildman–Crippen MR) is 47.2 cm³/mol. The van der Waals surface area contributed by atoms with Gasteiger partial charge in [-0.15, -0.1) is 0 Å². The number of hydrogen-bond donors (Lipinski definition) is 0. The molecule has 0 aromatic carbocycles. The fourth-order valence-electron chi connectivity index (χ4n) is 1.03. The summed E-state index contributed by atoms with van der Waals surface area (Å²) in [6.07, 6.45) is 1.27. The highest BCUT2D eigenvalue weighted by Crippen LogP contribution is 2.18. The third kappa shape index (κ3) is 3.04. The lowest BCUT2D eigenvalue weighted by molar-refractivity contribution is 1.12. The fourth-order valence-corrected chi connectivity index (χ4v) is 3.09. The molecule has 0 fully saturated rings. The minimum Gasteiger partial charge on any atom is -0.0690 e. The molecule has 0 atom stereocenters. The summed E-state index contributed by atoms with van der Waals surface area (Å²) < 4.78 is 0. The standard InChI is InChI=1S/C8H19Si/c1-5-8-9(4,6-2)7-3/h8H,5-7H2,1-4H3. The minimum absolute atomic E-state index is 0.822. The van der Waals surface area contributed by atoms with E-state index in [-0.39, 0.29) is 0 Å². The van der Waals surface area contributed by atoms with Crippen molar-refractivity contribution in [1.29, 1.82) is 0 Å². The summed E-state index contributed by atoms with van der Waals surface area (Å²) in [5, 5.41) is 0. The van der Waals surface area contributed by atoms with E-state index in [1.807, 2.05) is 0 Å². The van der Waals surface area contributed by atoms with Crippen molar-refractivity contribution >= 4 is 8.07 Å². The second-order valence-electron chi connectivity index (χ2n) is 2.97. The molecular weight excluding hydrogens is 124 g/mol. The summed E-state index contributed by atoms with van der Waals surface area (Å²) >= 11 is 0. The first-order valence-electron chi connectivity index (χ1n) is 4.03. The van der Waals surface area contributed by atoms with Crippen LogP contribution in [0.25, 0.3) is 0 Å². The van der Waals surface area contributed by atoms with Gasteiger partial charge in [0.25, 0.3) is 0 Å². The summed E-state index contributed by atoms with van der Waals surface area (Å²) in [4.78, 5) is 0. The van der Waals surface area contributed by atoms with Crippen molar-refractivity contribution in [1.82, 2.24) is 0 Å². The van der Waals surface area contributed by atoms with Gasteiger partial charge in [0, 0.05) is 0 Å². The Balaban J connectivity index is 3.62. The van der Waals surface area contributed by atoms with Gasteiger partial charge in [0.05, 0.1) is 8.07 Å². The first-order valence-corrected chi connectivity index (χ1v) is 7.02. The van der Waals surface area contributed by atoms with Gasteiger partial charge in [0.15, 0.2) is 0 Å². The van der Waals surface area contributed by atoms with Crippen molar-refractivity contribution in [3.05, 3.63) is 6.04 Å². The van der Waals surface area contributed by atoms with Crippen LogP contribution in [-0.4, -0.2) is 8.07 Å². The Hall–Kier alpha value is 0.217. The van der Waals surface area contributed by atoms with Crippen LogP contribution >= 0.6 is 0 Å². The molecule has 0 N–H and O–H groups in total. The van der Waals surface area contributed by atoms with Crippen molar-refractivity contribution in [3.8, 4) is 0 Å². The van der Waals surface area contributed by atoms with Crippen LogP contribution in [0.4, 0.5) is 0 Å². The van der Waals surface area contributed by atoms with E-state index in [1.165, 1.54) is 18.5 Å². The van der Waals surface area contributed by atoms with Crippen LogP contribution in [0.15, 0.2) is 0 Å². The van der Waals surface area contributed by atoms with Crippen molar-refractivity contribution < 1.29 is 0 Å². The Morgan fingerprint density at radius 1 is 1.11 bits per heavy atom. The molecule has 0 aromatic rings. The van der Waals surface area contributed by atoms with Gasteiger partial charge in [-0.1, -0.05) is 45.8 Å². The van der Waals surface area contributed by atoms with Crippen molar-refractivity contribution in [2.45, 2.75) is 45.8 Å². The van der Waals surface area contributed by atoms with E-state index in [0.717, 1.165) is 0 Å². The maximum absolute atomic E-state index is 2.56. The second-order valence-corrected chi connectivity index (χ2v) is 8.10. The van der Waals surface area contributed by atoms with Gasteiger partial charge in [0.1, 0.15) is 0 Å². The zero-order valence-electron chi connectivity index (χ0n) is 7.20. The quantitative estimate of drug-likeness (QED) is 0.530. The Kier molecular flexibility index (Phi) is 4.20. The van der Waals surface area contributed by atoms with Gasteiger partial charge >= 0.3 is 0 Å². The molecule has 0 aliphatic rings. The SMILES string of the molecule is CC[CH][Si](C)(CC)CC. The lowest BCUT2D eigenvalue weighted by atomic mass is 10.6. The van der Waals surface area contributed by atoms with Crippen LogP contribution in [0.1, 0.15) is 27.2 Å². The molecule has 0 aliphatic carbocycles. The Labute approximate surface area is 60.7 Å². The Bertz CT molecular complexity index is 65.0. The normalized spacial score (nSPS) is 12.0. The van der Waals surface area contributed by atoms with Crippen LogP contribution in [-0.2, 0) is 0 Å². The highest BCUT2D eigenvalue weighted by atomic mass is 28.3. The average Bonchev–Trinajstić information content (AvgIpc) is 1.89. The highest BCUT2D eigenvalue weighted by molar-refractivity contribution is 6.81. The van der Waals surface area contributed by atoms with Crippen molar-refractivity contribution in [2.75, 3.05) is 0 Å². The van der Waals surface area contributed by atoms with Crippen molar-refractivity contribution in [3.63, 3.8) is 0 Å². The van der Waals surface area contributed by atoms with Gasteiger partial charge < -0.3 is 0 Å². The van der Waals surface area contributed by atoms with E-state index >= 15 is 0 Å². The summed E-state index contributed by atoms with van der Waals surface area (Å²) in [5.41, 5.74) is 0. The smallest absolute Gasteiger partial charge is 0.0530 e. The highest BCUT2D eigenvalue weighted by Gasteiger charge is 2.20. The minimum atomic E-state index is -0.822. The molecular formula is C8H19Si. The molecule has 0 aromatic heterocycles. The van der Waals surface area contributed by atoms with Crippen LogP contribution in [0, 0.1) is 6.04 Å². The molecule has 0 heterocycles. The van der Waals surface area contributed by atoms with Gasteiger partial charge in [-0.25, -0.2) is 0 Å². The largest absolute Gasteiger partial charge is 0.0690 e. The molecule has 0 rings (SSSR count). The maximum atomic E-state index is 2.56. The molecule has 0 unspecified atom stereocenters. The third-order valence-electron chi connectivity index (χ3n) is 2.31. The molecule has 9 heavy (non-hydrogen) atoms. The molecule has 0 bridgehead atoms. The number of hydrogen-bond acceptors (Lipinski definition) is 0. The maximum Gasteiger partial charge on any atom is 0.0530 e. The predicted octanol–water partition coefficient (Wildman–Crippen LogP) is 3.26. The van der Waals surface area contributed by atoms with E-state index < -0.39 is 8.07 Å². The first-order chi connectivity index (χ1) is 4.18. The summed E-state index contributed by atoms with van der Waals surface area (Å²) in [6, 6.07) is 5.39. The van der Waals surface area contributed by atoms with Gasteiger partial charge in [-0.05, 0) is 6.04 Å². The molecule has 0 aliphatic heterocycles. The Morgan fingerprint density at radius 3 is 1.67 bits per heavy atom. The third-order valence-corrected chi connectivity index (χ3v) is 6.94. The van der Waals surface area contributed by atoms with Crippen molar-refractivity contribution in [2.24, 2.45) is 0 Å². The van der Waals surface area contributed by atoms with Gasteiger partial charge in [-0.3, -0.25) is 0 Å². The summed E-state index contributed by atoms with van der Waals surface area (Å²) in [5.74, 6) is 0. The van der Waals surface area contributed by atoms with Crippen LogP contribution in [0.3, 0.4) is 0 Å². The summed E-state index contributed by atoms with van der Waals surface area (Å²) in [6.45, 7) is 9.36. The zero-order chi connectivity index (χ0) is 7.33. The van der Waals surface area contributed by atoms with E-state index in [4.69, 9.17) is 0 Å². The lowest BCUT2D eigenvalue weighted by Crippen LogP contribution is -2.28. The zero-order valence-corrected chi connectivity index (χ0v) is 8.20. The molecule has 0 spiro atoms. The molecule has 0 saturated heterocycles. The monoisotopic (exact) mass is 143 g/mol. The summed E-state index contributed by atoms with van der Waals surface area (Å²) in [7, 11) is -0.822. The average molecular weight is 143 g/mol.